The predicted octanol–water partition coefficient (Wildman–Crippen LogP) is 3.98. The fourth-order valence-corrected chi connectivity index (χ4v) is 5.16. The fourth-order valence-electron chi connectivity index (χ4n) is 3.92. The van der Waals surface area contributed by atoms with Crippen molar-refractivity contribution >= 4 is 8.32 Å². The van der Waals surface area contributed by atoms with Gasteiger partial charge in [-0.05, 0) is 51.4 Å². The molecule has 7 nitrogen and oxygen atoms in total. The highest BCUT2D eigenvalue weighted by atomic mass is 28.4. The Morgan fingerprint density at radius 1 is 0.933 bits per heavy atom. The minimum absolute atomic E-state index is 0.0561. The summed E-state index contributed by atoms with van der Waals surface area (Å²) in [7, 11) is 1.11. The molecule has 0 aromatic heterocycles. The number of rotatable bonds is 4. The van der Waals surface area contributed by atoms with Crippen LogP contribution in [0.2, 0.25) is 18.1 Å². The van der Waals surface area contributed by atoms with Crippen molar-refractivity contribution in [1.29, 1.82) is 0 Å². The summed E-state index contributed by atoms with van der Waals surface area (Å²) in [5.74, 6) is -2.93. The summed E-state index contributed by atoms with van der Waals surface area (Å²) in [6.07, 6.45) is 0.669. The maximum absolute atomic E-state index is 6.80. The molecular weight excluding hydrogens is 404 g/mol. The lowest BCUT2D eigenvalue weighted by atomic mass is 9.86. The molecule has 3 rings (SSSR count). The molecule has 0 aromatic rings. The normalized spacial score (nSPS) is 41.6. The molecule has 0 radical (unpaired) electrons. The molecule has 0 spiro atoms. The zero-order valence-electron chi connectivity index (χ0n) is 20.5. The van der Waals surface area contributed by atoms with Gasteiger partial charge in [0, 0.05) is 14.2 Å². The van der Waals surface area contributed by atoms with Crippen molar-refractivity contribution in [2.75, 3.05) is 20.8 Å². The Bertz CT molecular complexity index is 685. The molecule has 0 N–H and O–H groups in total. The molecule has 8 heteroatoms. The molecule has 174 valence electrons. The Balaban J connectivity index is 2.03. The van der Waals surface area contributed by atoms with E-state index in [4.69, 9.17) is 32.8 Å². The van der Waals surface area contributed by atoms with E-state index in [1.165, 1.54) is 0 Å². The lowest BCUT2D eigenvalue weighted by molar-refractivity contribution is -0.463. The van der Waals surface area contributed by atoms with Crippen LogP contribution >= 0.6 is 0 Å². The lowest BCUT2D eigenvalue weighted by Gasteiger charge is -2.58. The van der Waals surface area contributed by atoms with Gasteiger partial charge in [0.25, 0.3) is 0 Å². The summed E-state index contributed by atoms with van der Waals surface area (Å²) < 4.78 is 43.7. The Morgan fingerprint density at radius 2 is 1.47 bits per heavy atom. The first kappa shape index (κ1) is 24.3. The van der Waals surface area contributed by atoms with Crippen molar-refractivity contribution in [3.8, 4) is 0 Å². The van der Waals surface area contributed by atoms with Gasteiger partial charge in [-0.25, -0.2) is 0 Å². The molecule has 2 aliphatic heterocycles. The monoisotopic (exact) mass is 444 g/mol. The summed E-state index contributed by atoms with van der Waals surface area (Å²) in [6.45, 7) is 19.1. The average molecular weight is 445 g/mol. The van der Waals surface area contributed by atoms with Crippen LogP contribution in [-0.2, 0) is 32.8 Å². The van der Waals surface area contributed by atoms with Gasteiger partial charge in [-0.15, -0.1) is 0 Å². The van der Waals surface area contributed by atoms with Crippen molar-refractivity contribution in [1.82, 2.24) is 0 Å². The molecular formula is C22H40O7Si. The maximum Gasteiger partial charge on any atom is 0.220 e. The standard InChI is InChI=1S/C22H40O7Si/c1-19(2,3)30(10,11)29-15-12-14-13-25-20(4,5)26-16(14)18-17(15)27-21(6,23-8)22(7,24-9)28-18/h12,15-18H,13H2,1-11H3/t15-,16-,17+,18+,21-,22-/m1/s1. The van der Waals surface area contributed by atoms with Crippen molar-refractivity contribution in [2.24, 2.45) is 0 Å². The minimum Gasteiger partial charge on any atom is -0.408 e. The van der Waals surface area contributed by atoms with E-state index in [1.54, 1.807) is 14.2 Å². The Kier molecular flexibility index (Phi) is 6.18. The van der Waals surface area contributed by atoms with Gasteiger partial charge in [0.15, 0.2) is 14.1 Å². The number of hydrogen-bond acceptors (Lipinski definition) is 7. The van der Waals surface area contributed by atoms with Gasteiger partial charge in [0.05, 0.1) is 12.7 Å². The number of ether oxygens (including phenoxy) is 6. The highest BCUT2D eigenvalue weighted by Crippen LogP contribution is 2.48. The summed E-state index contributed by atoms with van der Waals surface area (Å²) in [6, 6.07) is 0. The van der Waals surface area contributed by atoms with Crippen LogP contribution in [0.3, 0.4) is 0 Å². The van der Waals surface area contributed by atoms with Crippen LogP contribution < -0.4 is 0 Å². The first-order valence-corrected chi connectivity index (χ1v) is 13.6. The number of fused-ring (bicyclic) bond motifs is 3. The lowest BCUT2D eigenvalue weighted by Crippen LogP contribution is -2.72. The zero-order valence-corrected chi connectivity index (χ0v) is 21.5. The van der Waals surface area contributed by atoms with E-state index < -0.39 is 37.9 Å². The molecule has 30 heavy (non-hydrogen) atoms. The second-order valence-corrected chi connectivity index (χ2v) is 15.5. The quantitative estimate of drug-likeness (QED) is 0.480. The molecule has 6 atom stereocenters. The fraction of sp³-hybridized carbons (Fsp3) is 0.909. The van der Waals surface area contributed by atoms with E-state index in [-0.39, 0.29) is 17.2 Å². The minimum atomic E-state index is -2.09. The van der Waals surface area contributed by atoms with Crippen LogP contribution in [-0.4, -0.2) is 70.9 Å². The summed E-state index contributed by atoms with van der Waals surface area (Å²) in [4.78, 5) is 0. The summed E-state index contributed by atoms with van der Waals surface area (Å²) in [5, 5.41) is 0.0561. The SMILES string of the molecule is CO[C@]1(C)O[C@@H]2[C@@H](O[C@@]1(C)OC)[C@H](O[Si](C)(C)C(C)(C)C)C=C1COC(C)(C)O[C@H]12. The molecule has 0 unspecified atom stereocenters. The molecule has 3 aliphatic rings. The highest BCUT2D eigenvalue weighted by Gasteiger charge is 2.62. The third kappa shape index (κ3) is 4.06. The van der Waals surface area contributed by atoms with Crippen LogP contribution in [0.25, 0.3) is 0 Å². The third-order valence-electron chi connectivity index (χ3n) is 7.25. The molecule has 0 saturated carbocycles. The number of methoxy groups -OCH3 is 2. The van der Waals surface area contributed by atoms with Gasteiger partial charge in [0.2, 0.25) is 11.6 Å². The average Bonchev–Trinajstić information content (AvgIpc) is 2.62. The molecule has 1 aliphatic carbocycles. The smallest absolute Gasteiger partial charge is 0.220 e. The van der Waals surface area contributed by atoms with Gasteiger partial charge in [-0.2, -0.15) is 0 Å². The van der Waals surface area contributed by atoms with Crippen LogP contribution in [0.5, 0.6) is 0 Å². The van der Waals surface area contributed by atoms with Crippen molar-refractivity contribution in [2.45, 2.75) is 108 Å². The Morgan fingerprint density at radius 3 is 1.97 bits per heavy atom. The summed E-state index contributed by atoms with van der Waals surface area (Å²) in [5.41, 5.74) is 1.02. The number of hydrogen-bond donors (Lipinski definition) is 0. The van der Waals surface area contributed by atoms with E-state index >= 15 is 0 Å². The van der Waals surface area contributed by atoms with Crippen molar-refractivity contribution in [3.63, 3.8) is 0 Å². The maximum atomic E-state index is 6.80. The van der Waals surface area contributed by atoms with Crippen LogP contribution in [0.1, 0.15) is 48.5 Å². The van der Waals surface area contributed by atoms with Crippen molar-refractivity contribution in [3.05, 3.63) is 11.6 Å². The Labute approximate surface area is 182 Å². The molecule has 2 heterocycles. The second-order valence-electron chi connectivity index (χ2n) is 10.8. The van der Waals surface area contributed by atoms with Crippen LogP contribution in [0, 0.1) is 0 Å². The van der Waals surface area contributed by atoms with E-state index in [2.05, 4.69) is 39.9 Å². The third-order valence-corrected chi connectivity index (χ3v) is 11.7. The van der Waals surface area contributed by atoms with Gasteiger partial charge in [-0.3, -0.25) is 0 Å². The molecule has 0 aromatic carbocycles. The van der Waals surface area contributed by atoms with E-state index in [0.717, 1.165) is 5.57 Å². The first-order chi connectivity index (χ1) is 13.6. The van der Waals surface area contributed by atoms with Crippen molar-refractivity contribution < 1.29 is 32.8 Å². The topological polar surface area (TPSA) is 64.6 Å². The molecule has 0 amide bonds. The molecule has 2 saturated heterocycles. The molecule has 0 bridgehead atoms. The van der Waals surface area contributed by atoms with Crippen LogP contribution in [0.15, 0.2) is 11.6 Å². The van der Waals surface area contributed by atoms with Crippen LogP contribution in [0.4, 0.5) is 0 Å². The Hall–Kier alpha value is -0.323. The highest BCUT2D eigenvalue weighted by molar-refractivity contribution is 6.74. The van der Waals surface area contributed by atoms with Gasteiger partial charge < -0.3 is 32.8 Å². The van der Waals surface area contributed by atoms with Gasteiger partial charge >= 0.3 is 0 Å². The van der Waals surface area contributed by atoms with E-state index in [1.807, 2.05) is 27.7 Å². The predicted molar refractivity (Wildman–Crippen MR) is 116 cm³/mol. The largest absolute Gasteiger partial charge is 0.408 e. The van der Waals surface area contributed by atoms with E-state index in [0.29, 0.717) is 6.61 Å². The van der Waals surface area contributed by atoms with Gasteiger partial charge in [-0.1, -0.05) is 26.8 Å². The summed E-state index contributed by atoms with van der Waals surface area (Å²) >= 11 is 0. The first-order valence-electron chi connectivity index (χ1n) is 10.7. The molecule has 2 fully saturated rings. The zero-order chi connectivity index (χ0) is 22.8. The van der Waals surface area contributed by atoms with E-state index in [9.17, 15) is 0 Å². The second kappa shape index (κ2) is 7.62. The van der Waals surface area contributed by atoms with Gasteiger partial charge in [0.1, 0.15) is 18.3 Å².